The van der Waals surface area contributed by atoms with Gasteiger partial charge in [0.05, 0.1) is 0 Å². The van der Waals surface area contributed by atoms with E-state index in [-0.39, 0.29) is 0 Å². The predicted molar refractivity (Wildman–Crippen MR) is 62.7 cm³/mol. The second-order valence-corrected chi connectivity index (χ2v) is 5.81. The van der Waals surface area contributed by atoms with Crippen LogP contribution in [0.15, 0.2) is 0 Å². The number of hydrogen-bond donors (Lipinski definition) is 2. The molecule has 0 bridgehead atoms. The standard InChI is InChI=1S/C13H25NO/c1-9(2)13-12(8-15)6-11(7-14-13)10-4-3-5-10/h9-15H,3-8H2,1-2H3. The molecule has 2 N–H and O–H groups in total. The summed E-state index contributed by atoms with van der Waals surface area (Å²) in [6.45, 7) is 6.05. The van der Waals surface area contributed by atoms with Crippen molar-refractivity contribution in [2.75, 3.05) is 13.2 Å². The van der Waals surface area contributed by atoms with Crippen molar-refractivity contribution in [2.45, 2.75) is 45.6 Å². The van der Waals surface area contributed by atoms with E-state index < -0.39 is 0 Å². The van der Waals surface area contributed by atoms with E-state index in [4.69, 9.17) is 0 Å². The lowest BCUT2D eigenvalue weighted by Gasteiger charge is -2.44. The molecule has 2 heteroatoms. The topological polar surface area (TPSA) is 32.3 Å². The molecule has 0 aromatic carbocycles. The fraction of sp³-hybridized carbons (Fsp3) is 1.00. The average molecular weight is 211 g/mol. The van der Waals surface area contributed by atoms with Gasteiger partial charge in [-0.2, -0.15) is 0 Å². The largest absolute Gasteiger partial charge is 0.396 e. The first-order valence-electron chi connectivity index (χ1n) is 6.56. The van der Waals surface area contributed by atoms with Gasteiger partial charge in [-0.1, -0.05) is 33.1 Å². The summed E-state index contributed by atoms with van der Waals surface area (Å²) in [5, 5.41) is 13.1. The molecule has 1 saturated carbocycles. The fourth-order valence-corrected chi connectivity index (χ4v) is 3.31. The molecule has 3 unspecified atom stereocenters. The van der Waals surface area contributed by atoms with Crippen molar-refractivity contribution < 1.29 is 5.11 Å². The van der Waals surface area contributed by atoms with E-state index in [1.54, 1.807) is 0 Å². The molecular weight excluding hydrogens is 186 g/mol. The van der Waals surface area contributed by atoms with E-state index in [1.165, 1.54) is 32.2 Å². The number of hydrogen-bond acceptors (Lipinski definition) is 2. The molecule has 0 aromatic heterocycles. The van der Waals surface area contributed by atoms with Crippen LogP contribution in [0.2, 0.25) is 0 Å². The maximum absolute atomic E-state index is 9.46. The highest BCUT2D eigenvalue weighted by Gasteiger charge is 2.36. The molecule has 0 amide bonds. The van der Waals surface area contributed by atoms with Gasteiger partial charge < -0.3 is 10.4 Å². The van der Waals surface area contributed by atoms with Gasteiger partial charge in [-0.15, -0.1) is 0 Å². The van der Waals surface area contributed by atoms with Crippen LogP contribution in [0.3, 0.4) is 0 Å². The minimum absolute atomic E-state index is 0.360. The highest BCUT2D eigenvalue weighted by atomic mass is 16.3. The van der Waals surface area contributed by atoms with Crippen molar-refractivity contribution in [3.8, 4) is 0 Å². The van der Waals surface area contributed by atoms with Gasteiger partial charge in [0, 0.05) is 12.6 Å². The SMILES string of the molecule is CC(C)C1NCC(C2CCC2)CC1CO. The Bertz CT molecular complexity index is 201. The first-order valence-corrected chi connectivity index (χ1v) is 6.56. The first kappa shape index (κ1) is 11.4. The lowest BCUT2D eigenvalue weighted by molar-refractivity contribution is 0.0672. The molecule has 2 rings (SSSR count). The number of rotatable bonds is 3. The van der Waals surface area contributed by atoms with Gasteiger partial charge >= 0.3 is 0 Å². The highest BCUT2D eigenvalue weighted by Crippen LogP contribution is 2.39. The molecule has 2 fully saturated rings. The Balaban J connectivity index is 1.90. The van der Waals surface area contributed by atoms with E-state index in [9.17, 15) is 5.11 Å². The Morgan fingerprint density at radius 2 is 2.00 bits per heavy atom. The van der Waals surface area contributed by atoms with Crippen LogP contribution in [0, 0.1) is 23.7 Å². The summed E-state index contributed by atoms with van der Waals surface area (Å²) in [5.74, 6) is 2.93. The Morgan fingerprint density at radius 3 is 2.47 bits per heavy atom. The lowest BCUT2D eigenvalue weighted by atomic mass is 9.69. The molecule has 0 spiro atoms. The third kappa shape index (κ3) is 2.36. The average Bonchev–Trinajstić information content (AvgIpc) is 2.14. The van der Waals surface area contributed by atoms with Gasteiger partial charge in [0.15, 0.2) is 0 Å². The summed E-state index contributed by atoms with van der Waals surface area (Å²) in [7, 11) is 0. The van der Waals surface area contributed by atoms with Gasteiger partial charge in [0.2, 0.25) is 0 Å². The highest BCUT2D eigenvalue weighted by molar-refractivity contribution is 4.91. The molecule has 1 heterocycles. The van der Waals surface area contributed by atoms with E-state index >= 15 is 0 Å². The minimum Gasteiger partial charge on any atom is -0.396 e. The number of aliphatic hydroxyl groups excluding tert-OH is 1. The van der Waals surface area contributed by atoms with Crippen LogP contribution in [0.4, 0.5) is 0 Å². The van der Waals surface area contributed by atoms with Gasteiger partial charge in [0.25, 0.3) is 0 Å². The third-order valence-corrected chi connectivity index (χ3v) is 4.50. The van der Waals surface area contributed by atoms with Gasteiger partial charge in [-0.05, 0) is 36.6 Å². The first-order chi connectivity index (χ1) is 7.22. The van der Waals surface area contributed by atoms with Gasteiger partial charge in [-0.3, -0.25) is 0 Å². The molecule has 1 aliphatic heterocycles. The van der Waals surface area contributed by atoms with Crippen LogP contribution in [0.5, 0.6) is 0 Å². The van der Waals surface area contributed by atoms with Gasteiger partial charge in [0.1, 0.15) is 0 Å². The van der Waals surface area contributed by atoms with E-state index in [0.717, 1.165) is 11.8 Å². The maximum Gasteiger partial charge on any atom is 0.0474 e. The Kier molecular flexibility index (Phi) is 3.68. The van der Waals surface area contributed by atoms with Crippen molar-refractivity contribution in [3.63, 3.8) is 0 Å². The molecule has 2 nitrogen and oxygen atoms in total. The van der Waals surface area contributed by atoms with Crippen LogP contribution in [-0.4, -0.2) is 24.3 Å². The Hall–Kier alpha value is -0.0800. The molecule has 0 radical (unpaired) electrons. The number of nitrogens with one attached hydrogen (secondary N) is 1. The maximum atomic E-state index is 9.46. The smallest absolute Gasteiger partial charge is 0.0474 e. The van der Waals surface area contributed by atoms with Crippen molar-refractivity contribution in [2.24, 2.45) is 23.7 Å². The molecule has 3 atom stereocenters. The number of aliphatic hydroxyl groups is 1. The zero-order valence-corrected chi connectivity index (χ0v) is 10.1. The fourth-order valence-electron chi connectivity index (χ4n) is 3.31. The van der Waals surface area contributed by atoms with Crippen molar-refractivity contribution in [3.05, 3.63) is 0 Å². The van der Waals surface area contributed by atoms with E-state index in [1.807, 2.05) is 0 Å². The molecule has 2 aliphatic rings. The van der Waals surface area contributed by atoms with Crippen LogP contribution < -0.4 is 5.32 Å². The summed E-state index contributed by atoms with van der Waals surface area (Å²) >= 11 is 0. The molecular formula is C13H25NO. The third-order valence-electron chi connectivity index (χ3n) is 4.50. The van der Waals surface area contributed by atoms with Crippen LogP contribution in [0.25, 0.3) is 0 Å². The Morgan fingerprint density at radius 1 is 1.27 bits per heavy atom. The van der Waals surface area contributed by atoms with Crippen LogP contribution in [-0.2, 0) is 0 Å². The van der Waals surface area contributed by atoms with Crippen molar-refractivity contribution in [1.29, 1.82) is 0 Å². The summed E-state index contributed by atoms with van der Waals surface area (Å²) < 4.78 is 0. The molecule has 15 heavy (non-hydrogen) atoms. The van der Waals surface area contributed by atoms with Crippen LogP contribution in [0.1, 0.15) is 39.5 Å². The quantitative estimate of drug-likeness (QED) is 0.748. The van der Waals surface area contributed by atoms with Crippen LogP contribution >= 0.6 is 0 Å². The summed E-state index contributed by atoms with van der Waals surface area (Å²) in [6.07, 6.45) is 5.53. The summed E-state index contributed by atoms with van der Waals surface area (Å²) in [5.41, 5.74) is 0. The summed E-state index contributed by atoms with van der Waals surface area (Å²) in [6, 6.07) is 0.534. The summed E-state index contributed by atoms with van der Waals surface area (Å²) in [4.78, 5) is 0. The molecule has 1 saturated heterocycles. The lowest BCUT2D eigenvalue weighted by Crippen LogP contribution is -2.51. The van der Waals surface area contributed by atoms with Gasteiger partial charge in [-0.25, -0.2) is 0 Å². The van der Waals surface area contributed by atoms with E-state index in [0.29, 0.717) is 24.5 Å². The second kappa shape index (κ2) is 4.84. The zero-order chi connectivity index (χ0) is 10.8. The monoisotopic (exact) mass is 211 g/mol. The molecule has 88 valence electrons. The Labute approximate surface area is 93.5 Å². The van der Waals surface area contributed by atoms with E-state index in [2.05, 4.69) is 19.2 Å². The zero-order valence-electron chi connectivity index (χ0n) is 10.1. The molecule has 1 aliphatic carbocycles. The van der Waals surface area contributed by atoms with Crippen molar-refractivity contribution in [1.82, 2.24) is 5.32 Å². The molecule has 0 aromatic rings. The minimum atomic E-state index is 0.360. The predicted octanol–water partition coefficient (Wildman–Crippen LogP) is 2.03. The number of piperidine rings is 1. The second-order valence-electron chi connectivity index (χ2n) is 5.81. The normalized spacial score (nSPS) is 38.0. The van der Waals surface area contributed by atoms with Crippen molar-refractivity contribution >= 4 is 0 Å².